The number of hydrogen-bond acceptors (Lipinski definition) is 5. The first kappa shape index (κ1) is 9.33. The van der Waals surface area contributed by atoms with E-state index in [2.05, 4.69) is 10.8 Å². The zero-order chi connectivity index (χ0) is 9.97. The Hall–Kier alpha value is -1.23. The van der Waals surface area contributed by atoms with Crippen molar-refractivity contribution in [2.24, 2.45) is 5.92 Å². The third-order valence-electron chi connectivity index (χ3n) is 2.46. The molecule has 0 aromatic heterocycles. The van der Waals surface area contributed by atoms with Crippen molar-refractivity contribution in [3.8, 4) is 0 Å². The van der Waals surface area contributed by atoms with Crippen molar-refractivity contribution in [2.75, 3.05) is 13.2 Å². The number of hydroxylamine groups is 1. The van der Waals surface area contributed by atoms with E-state index in [9.17, 15) is 4.79 Å². The van der Waals surface area contributed by atoms with Crippen LogP contribution in [0.5, 0.6) is 0 Å². The van der Waals surface area contributed by atoms with Crippen molar-refractivity contribution in [3.63, 3.8) is 0 Å². The van der Waals surface area contributed by atoms with Crippen LogP contribution < -0.4 is 10.8 Å². The first-order chi connectivity index (χ1) is 6.83. The Balaban J connectivity index is 2.04. The first-order valence-corrected chi connectivity index (χ1v) is 4.85. The molecule has 78 valence electrons. The minimum Gasteiger partial charge on any atom is -0.465 e. The van der Waals surface area contributed by atoms with Gasteiger partial charge in [0, 0.05) is 12.7 Å². The van der Waals surface area contributed by atoms with Gasteiger partial charge in [-0.2, -0.15) is 0 Å². The molecular weight excluding hydrogens is 184 g/mol. The molecule has 1 fully saturated rings. The maximum Gasteiger partial charge on any atom is 0.327 e. The average Bonchev–Trinajstić information content (AvgIpc) is 2.61. The molecule has 0 spiro atoms. The molecule has 0 bridgehead atoms. The number of nitrogens with one attached hydrogen (secondary N) is 2. The van der Waals surface area contributed by atoms with E-state index in [0.29, 0.717) is 6.61 Å². The van der Waals surface area contributed by atoms with Gasteiger partial charge in [0.05, 0.1) is 12.5 Å². The fourth-order valence-corrected chi connectivity index (χ4v) is 1.76. The van der Waals surface area contributed by atoms with Crippen LogP contribution in [-0.2, 0) is 14.4 Å². The highest BCUT2D eigenvalue weighted by Gasteiger charge is 2.40. The molecule has 2 aliphatic heterocycles. The van der Waals surface area contributed by atoms with Crippen LogP contribution in [0.25, 0.3) is 0 Å². The summed E-state index contributed by atoms with van der Waals surface area (Å²) in [5.74, 6) is 0.687. The minimum atomic E-state index is -0.344. The van der Waals surface area contributed by atoms with Crippen molar-refractivity contribution in [1.82, 2.24) is 10.8 Å². The summed E-state index contributed by atoms with van der Waals surface area (Å²) >= 11 is 0. The standard InChI is InChI=1S/C9H14N2O3/c1-2-13-9(12)8-6-3-4-10-5-7(6)14-11-8/h5-6,8,10-11H,2-4H2,1H3. The van der Waals surface area contributed by atoms with Gasteiger partial charge in [0.25, 0.3) is 0 Å². The fraction of sp³-hybridized carbons (Fsp3) is 0.667. The molecule has 2 aliphatic rings. The molecule has 0 radical (unpaired) electrons. The van der Waals surface area contributed by atoms with Crippen molar-refractivity contribution in [3.05, 3.63) is 12.0 Å². The Labute approximate surface area is 82.4 Å². The van der Waals surface area contributed by atoms with Crippen molar-refractivity contribution < 1.29 is 14.4 Å². The molecule has 2 rings (SSSR count). The summed E-state index contributed by atoms with van der Waals surface area (Å²) in [4.78, 5) is 16.7. The van der Waals surface area contributed by atoms with Crippen LogP contribution in [0.2, 0.25) is 0 Å². The number of rotatable bonds is 2. The van der Waals surface area contributed by atoms with Gasteiger partial charge < -0.3 is 14.9 Å². The molecule has 5 heteroatoms. The summed E-state index contributed by atoms with van der Waals surface area (Å²) in [5.41, 5.74) is 2.70. The normalized spacial score (nSPS) is 29.6. The molecular formula is C9H14N2O3. The van der Waals surface area contributed by atoms with Gasteiger partial charge in [-0.05, 0) is 13.3 Å². The molecule has 5 nitrogen and oxygen atoms in total. The summed E-state index contributed by atoms with van der Waals surface area (Å²) in [6.45, 7) is 3.07. The van der Waals surface area contributed by atoms with Crippen LogP contribution in [-0.4, -0.2) is 25.2 Å². The van der Waals surface area contributed by atoms with E-state index in [-0.39, 0.29) is 17.9 Å². The number of hydrogen-bond donors (Lipinski definition) is 2. The summed E-state index contributed by atoms with van der Waals surface area (Å²) < 4.78 is 4.95. The van der Waals surface area contributed by atoms with Gasteiger partial charge in [-0.1, -0.05) is 0 Å². The van der Waals surface area contributed by atoms with Crippen LogP contribution in [0.1, 0.15) is 13.3 Å². The van der Waals surface area contributed by atoms with Crippen LogP contribution in [0, 0.1) is 5.92 Å². The molecule has 0 aliphatic carbocycles. The number of carbonyl (C=O) groups excluding carboxylic acids is 1. The third kappa shape index (κ3) is 1.55. The van der Waals surface area contributed by atoms with Gasteiger partial charge in [0.15, 0.2) is 6.04 Å². The predicted octanol–water partition coefficient (Wildman–Crippen LogP) is -0.0962. The van der Waals surface area contributed by atoms with Gasteiger partial charge >= 0.3 is 5.97 Å². The van der Waals surface area contributed by atoms with Gasteiger partial charge in [0.1, 0.15) is 5.76 Å². The average molecular weight is 198 g/mol. The second kappa shape index (κ2) is 3.88. The highest BCUT2D eigenvalue weighted by atomic mass is 16.7. The van der Waals surface area contributed by atoms with Gasteiger partial charge in [-0.3, -0.25) is 4.79 Å². The molecule has 2 heterocycles. The highest BCUT2D eigenvalue weighted by molar-refractivity contribution is 5.77. The van der Waals surface area contributed by atoms with Crippen molar-refractivity contribution in [1.29, 1.82) is 0 Å². The van der Waals surface area contributed by atoms with Gasteiger partial charge in [0.2, 0.25) is 0 Å². The van der Waals surface area contributed by atoms with E-state index < -0.39 is 0 Å². The van der Waals surface area contributed by atoms with E-state index in [1.807, 2.05) is 0 Å². The molecule has 0 amide bonds. The lowest BCUT2D eigenvalue weighted by molar-refractivity contribution is -0.147. The Morgan fingerprint density at radius 1 is 1.79 bits per heavy atom. The lowest BCUT2D eigenvalue weighted by atomic mass is 9.94. The summed E-state index contributed by atoms with van der Waals surface area (Å²) in [7, 11) is 0. The molecule has 2 unspecified atom stereocenters. The summed E-state index contributed by atoms with van der Waals surface area (Å²) in [5, 5.41) is 3.07. The maximum atomic E-state index is 11.5. The quantitative estimate of drug-likeness (QED) is 0.607. The molecule has 0 aromatic carbocycles. The van der Waals surface area contributed by atoms with E-state index >= 15 is 0 Å². The second-order valence-electron chi connectivity index (χ2n) is 3.35. The zero-order valence-electron chi connectivity index (χ0n) is 8.08. The van der Waals surface area contributed by atoms with E-state index in [0.717, 1.165) is 18.7 Å². The maximum absolute atomic E-state index is 11.5. The van der Waals surface area contributed by atoms with Gasteiger partial charge in [-0.15, -0.1) is 5.48 Å². The van der Waals surface area contributed by atoms with E-state index in [1.165, 1.54) is 0 Å². The fourth-order valence-electron chi connectivity index (χ4n) is 1.76. The van der Waals surface area contributed by atoms with Crippen LogP contribution in [0.4, 0.5) is 0 Å². The van der Waals surface area contributed by atoms with Gasteiger partial charge in [-0.25, -0.2) is 0 Å². The summed E-state index contributed by atoms with van der Waals surface area (Å²) in [6, 6.07) is -0.344. The Morgan fingerprint density at radius 3 is 3.43 bits per heavy atom. The largest absolute Gasteiger partial charge is 0.465 e. The highest BCUT2D eigenvalue weighted by Crippen LogP contribution is 2.28. The number of ether oxygens (including phenoxy) is 1. The predicted molar refractivity (Wildman–Crippen MR) is 48.8 cm³/mol. The van der Waals surface area contributed by atoms with Crippen molar-refractivity contribution in [2.45, 2.75) is 19.4 Å². The van der Waals surface area contributed by atoms with E-state index in [4.69, 9.17) is 9.57 Å². The molecule has 2 N–H and O–H groups in total. The van der Waals surface area contributed by atoms with Crippen molar-refractivity contribution >= 4 is 5.97 Å². The van der Waals surface area contributed by atoms with E-state index in [1.54, 1.807) is 13.1 Å². The number of esters is 1. The minimum absolute atomic E-state index is 0.121. The molecule has 2 atom stereocenters. The monoisotopic (exact) mass is 198 g/mol. The summed E-state index contributed by atoms with van der Waals surface area (Å²) in [6.07, 6.45) is 2.70. The lowest BCUT2D eigenvalue weighted by Crippen LogP contribution is -2.38. The smallest absolute Gasteiger partial charge is 0.327 e. The zero-order valence-corrected chi connectivity index (χ0v) is 8.08. The molecule has 0 aromatic rings. The molecule has 0 saturated carbocycles. The Morgan fingerprint density at radius 2 is 2.64 bits per heavy atom. The van der Waals surface area contributed by atoms with Crippen LogP contribution >= 0.6 is 0 Å². The van der Waals surface area contributed by atoms with Crippen LogP contribution in [0.3, 0.4) is 0 Å². The third-order valence-corrected chi connectivity index (χ3v) is 2.46. The Bertz CT molecular complexity index is 265. The number of carbonyl (C=O) groups is 1. The molecule has 1 saturated heterocycles. The SMILES string of the molecule is CCOC(=O)C1NOC2=CNCCC21. The molecule has 14 heavy (non-hydrogen) atoms. The second-order valence-corrected chi connectivity index (χ2v) is 3.35. The topological polar surface area (TPSA) is 59.6 Å². The Kier molecular flexibility index (Phi) is 2.58. The number of fused-ring (bicyclic) bond motifs is 1. The first-order valence-electron chi connectivity index (χ1n) is 4.85. The van der Waals surface area contributed by atoms with Crippen LogP contribution in [0.15, 0.2) is 12.0 Å². The lowest BCUT2D eigenvalue weighted by Gasteiger charge is -2.18.